The van der Waals surface area contributed by atoms with Crippen molar-refractivity contribution in [3.63, 3.8) is 0 Å². The van der Waals surface area contributed by atoms with Crippen LogP contribution in [0.3, 0.4) is 0 Å². The Morgan fingerprint density at radius 3 is 1.91 bits per heavy atom. The fourth-order valence-electron chi connectivity index (χ4n) is 3.75. The van der Waals surface area contributed by atoms with Crippen LogP contribution in [0.5, 0.6) is 11.5 Å². The van der Waals surface area contributed by atoms with Gasteiger partial charge in [-0.25, -0.2) is 9.59 Å². The second kappa shape index (κ2) is 11.8. The zero-order valence-electron chi connectivity index (χ0n) is 20.0. The number of hydrogen-bond acceptors (Lipinski definition) is 8. The zero-order chi connectivity index (χ0) is 25.4. The molecule has 3 aromatic carbocycles. The van der Waals surface area contributed by atoms with E-state index in [4.69, 9.17) is 18.9 Å². The molecule has 0 fully saturated rings. The molecule has 0 amide bonds. The van der Waals surface area contributed by atoms with E-state index in [1.165, 1.54) is 27.2 Å². The maximum atomic E-state index is 12.8. The lowest BCUT2D eigenvalue weighted by molar-refractivity contribution is 0.100. The first-order chi connectivity index (χ1) is 16.9. The van der Waals surface area contributed by atoms with Crippen molar-refractivity contribution in [3.8, 4) is 33.8 Å². The van der Waals surface area contributed by atoms with E-state index in [2.05, 4.69) is 4.74 Å². The Morgan fingerprint density at radius 1 is 0.714 bits per heavy atom. The molecule has 0 spiro atoms. The van der Waals surface area contributed by atoms with Crippen LogP contribution in [0.25, 0.3) is 22.3 Å². The van der Waals surface area contributed by atoms with Gasteiger partial charge in [0.05, 0.1) is 26.4 Å². The molecule has 0 saturated heterocycles. The number of ether oxygens (including phenoxy) is 5. The SMILES string of the molecule is COCCc1c(C(C)=O)c(OC(=O)OC)cc(OC(=O)OC)c1-c1cccc(-c2ccccc2)c1. The maximum absolute atomic E-state index is 12.8. The number of hydrogen-bond donors (Lipinski definition) is 0. The van der Waals surface area contributed by atoms with Gasteiger partial charge in [0.2, 0.25) is 0 Å². The highest BCUT2D eigenvalue weighted by molar-refractivity contribution is 6.02. The van der Waals surface area contributed by atoms with E-state index in [0.717, 1.165) is 18.2 Å². The summed E-state index contributed by atoms with van der Waals surface area (Å²) in [5.41, 5.74) is 3.72. The quantitative estimate of drug-likeness (QED) is 0.231. The number of methoxy groups -OCH3 is 3. The van der Waals surface area contributed by atoms with Gasteiger partial charge in [0.25, 0.3) is 0 Å². The molecule has 0 heterocycles. The predicted molar refractivity (Wildman–Crippen MR) is 129 cm³/mol. The van der Waals surface area contributed by atoms with Crippen LogP contribution in [0.15, 0.2) is 60.7 Å². The molecule has 0 aliphatic rings. The van der Waals surface area contributed by atoms with E-state index < -0.39 is 12.3 Å². The molecule has 0 radical (unpaired) electrons. The van der Waals surface area contributed by atoms with Gasteiger partial charge in [0.15, 0.2) is 5.78 Å². The van der Waals surface area contributed by atoms with Crippen LogP contribution in [0.4, 0.5) is 9.59 Å². The van der Waals surface area contributed by atoms with E-state index in [9.17, 15) is 14.4 Å². The molecule has 0 bridgehead atoms. The number of carbonyl (C=O) groups is 3. The average Bonchev–Trinajstić information content (AvgIpc) is 2.87. The second-order valence-electron chi connectivity index (χ2n) is 7.46. The molecule has 3 rings (SSSR count). The number of carbonyl (C=O) groups excluding carboxylic acids is 3. The molecule has 0 saturated carbocycles. The summed E-state index contributed by atoms with van der Waals surface area (Å²) < 4.78 is 25.3. The Labute approximate surface area is 203 Å². The Balaban J connectivity index is 2.34. The lowest BCUT2D eigenvalue weighted by atomic mass is 9.89. The Kier molecular flexibility index (Phi) is 8.58. The number of rotatable bonds is 8. The third-order valence-corrected chi connectivity index (χ3v) is 5.25. The smallest absolute Gasteiger partial charge is 0.437 e. The molecule has 0 aliphatic heterocycles. The minimum Gasteiger partial charge on any atom is -0.437 e. The minimum atomic E-state index is -1.02. The van der Waals surface area contributed by atoms with Crippen molar-refractivity contribution in [3.05, 3.63) is 71.8 Å². The number of ketones is 1. The van der Waals surface area contributed by atoms with Crippen LogP contribution in [-0.2, 0) is 20.6 Å². The Morgan fingerprint density at radius 2 is 1.31 bits per heavy atom. The summed E-state index contributed by atoms with van der Waals surface area (Å²) in [6, 6.07) is 18.7. The molecular formula is C27H26O8. The standard InChI is InChI=1S/C27H26O8/c1-17(28)24-21(13-14-31-2)25(20-12-8-11-19(15-20)18-9-6-5-7-10-18)23(35-27(30)33-4)16-22(24)34-26(29)32-3/h5-12,15-16H,13-14H2,1-4H3. The highest BCUT2D eigenvalue weighted by Gasteiger charge is 2.27. The van der Waals surface area contributed by atoms with Crippen molar-refractivity contribution in [2.75, 3.05) is 27.9 Å². The average molecular weight is 478 g/mol. The van der Waals surface area contributed by atoms with Crippen molar-refractivity contribution in [1.29, 1.82) is 0 Å². The topological polar surface area (TPSA) is 97.4 Å². The van der Waals surface area contributed by atoms with E-state index in [-0.39, 0.29) is 35.9 Å². The largest absolute Gasteiger partial charge is 0.513 e. The minimum absolute atomic E-state index is 0.0528. The van der Waals surface area contributed by atoms with Crippen molar-refractivity contribution in [1.82, 2.24) is 0 Å². The lowest BCUT2D eigenvalue weighted by Gasteiger charge is -2.20. The second-order valence-corrected chi connectivity index (χ2v) is 7.46. The van der Waals surface area contributed by atoms with Crippen LogP contribution in [-0.4, -0.2) is 46.0 Å². The molecule has 8 nitrogen and oxygen atoms in total. The zero-order valence-corrected chi connectivity index (χ0v) is 20.0. The highest BCUT2D eigenvalue weighted by atomic mass is 16.7. The highest BCUT2D eigenvalue weighted by Crippen LogP contribution is 2.42. The van der Waals surface area contributed by atoms with E-state index in [1.54, 1.807) is 0 Å². The molecular weight excluding hydrogens is 452 g/mol. The first kappa shape index (κ1) is 25.5. The van der Waals surface area contributed by atoms with Crippen LogP contribution in [0, 0.1) is 0 Å². The van der Waals surface area contributed by atoms with E-state index in [0.29, 0.717) is 16.7 Å². The van der Waals surface area contributed by atoms with Gasteiger partial charge in [-0.15, -0.1) is 0 Å². The van der Waals surface area contributed by atoms with Gasteiger partial charge >= 0.3 is 12.3 Å². The molecule has 0 atom stereocenters. The van der Waals surface area contributed by atoms with Gasteiger partial charge in [-0.05, 0) is 41.7 Å². The molecule has 182 valence electrons. The summed E-state index contributed by atoms with van der Waals surface area (Å²) in [5.74, 6) is -0.394. The molecule has 0 unspecified atom stereocenters. The predicted octanol–water partition coefficient (Wildman–Crippen LogP) is 5.70. The maximum Gasteiger partial charge on any atom is 0.513 e. The summed E-state index contributed by atoms with van der Waals surface area (Å²) >= 11 is 0. The first-order valence-corrected chi connectivity index (χ1v) is 10.8. The van der Waals surface area contributed by atoms with E-state index >= 15 is 0 Å². The van der Waals surface area contributed by atoms with Gasteiger partial charge in [-0.3, -0.25) is 4.79 Å². The van der Waals surface area contributed by atoms with Crippen LogP contribution < -0.4 is 9.47 Å². The summed E-state index contributed by atoms with van der Waals surface area (Å²) in [7, 11) is 3.86. The summed E-state index contributed by atoms with van der Waals surface area (Å²) in [6.07, 6.45) is -1.72. The summed E-state index contributed by atoms with van der Waals surface area (Å²) in [5, 5.41) is 0. The number of Topliss-reactive ketones (excluding diaryl/α,β-unsaturated/α-hetero) is 1. The molecule has 0 aromatic heterocycles. The summed E-state index contributed by atoms with van der Waals surface area (Å²) in [6.45, 7) is 1.62. The van der Waals surface area contributed by atoms with Crippen molar-refractivity contribution in [2.45, 2.75) is 13.3 Å². The van der Waals surface area contributed by atoms with Gasteiger partial charge in [-0.1, -0.05) is 48.5 Å². The molecule has 0 N–H and O–H groups in total. The monoisotopic (exact) mass is 478 g/mol. The van der Waals surface area contributed by atoms with Crippen molar-refractivity contribution in [2.24, 2.45) is 0 Å². The third kappa shape index (κ3) is 6.04. The Bertz CT molecular complexity index is 1220. The fraction of sp³-hybridized carbons (Fsp3) is 0.222. The van der Waals surface area contributed by atoms with Crippen LogP contribution in [0.1, 0.15) is 22.8 Å². The van der Waals surface area contributed by atoms with Crippen molar-refractivity contribution >= 4 is 18.1 Å². The normalized spacial score (nSPS) is 10.4. The van der Waals surface area contributed by atoms with Gasteiger partial charge in [-0.2, -0.15) is 0 Å². The van der Waals surface area contributed by atoms with Gasteiger partial charge in [0.1, 0.15) is 11.5 Å². The molecule has 0 aliphatic carbocycles. The Hall–Kier alpha value is -4.17. The molecule has 8 heteroatoms. The lowest BCUT2D eigenvalue weighted by Crippen LogP contribution is -2.16. The van der Waals surface area contributed by atoms with Gasteiger partial charge in [0, 0.05) is 18.7 Å². The van der Waals surface area contributed by atoms with Crippen LogP contribution >= 0.6 is 0 Å². The van der Waals surface area contributed by atoms with Crippen molar-refractivity contribution < 1.29 is 38.1 Å². The molecule has 3 aromatic rings. The van der Waals surface area contributed by atoms with Gasteiger partial charge < -0.3 is 23.7 Å². The van der Waals surface area contributed by atoms with E-state index in [1.807, 2.05) is 54.6 Å². The third-order valence-electron chi connectivity index (χ3n) is 5.25. The summed E-state index contributed by atoms with van der Waals surface area (Å²) in [4.78, 5) is 36.8. The fourth-order valence-corrected chi connectivity index (χ4v) is 3.75. The number of benzene rings is 3. The van der Waals surface area contributed by atoms with Crippen LogP contribution in [0.2, 0.25) is 0 Å². The first-order valence-electron chi connectivity index (χ1n) is 10.8. The molecule has 35 heavy (non-hydrogen) atoms.